The zero-order chi connectivity index (χ0) is 14.7. The molecule has 0 aliphatic carbocycles. The predicted octanol–water partition coefficient (Wildman–Crippen LogP) is 2.01. The van der Waals surface area contributed by atoms with Crippen LogP contribution in [0.4, 0.5) is 0 Å². The molecule has 0 aliphatic heterocycles. The Morgan fingerprint density at radius 3 is 2.50 bits per heavy atom. The fraction of sp³-hybridized carbons (Fsp3) is 0.429. The molecule has 0 saturated heterocycles. The van der Waals surface area contributed by atoms with Gasteiger partial charge in [0.25, 0.3) is 0 Å². The van der Waals surface area contributed by atoms with Crippen LogP contribution in [0.1, 0.15) is 28.8 Å². The molecule has 2 aromatic heterocycles. The van der Waals surface area contributed by atoms with E-state index in [1.165, 1.54) is 0 Å². The largest absolute Gasteiger partial charge is 0.480 e. The maximum absolute atomic E-state index is 5.58. The highest BCUT2D eigenvalue weighted by atomic mass is 16.5. The summed E-state index contributed by atoms with van der Waals surface area (Å²) in [6.45, 7) is 3.84. The van der Waals surface area contributed by atoms with Crippen molar-refractivity contribution < 1.29 is 13.9 Å². The number of ether oxygens (including phenoxy) is 2. The van der Waals surface area contributed by atoms with Crippen LogP contribution < -0.4 is 14.8 Å². The van der Waals surface area contributed by atoms with E-state index in [0.29, 0.717) is 17.5 Å². The smallest absolute Gasteiger partial charge is 0.240 e. The Morgan fingerprint density at radius 2 is 2.00 bits per heavy atom. The van der Waals surface area contributed by atoms with Crippen molar-refractivity contribution in [3.63, 3.8) is 0 Å². The van der Waals surface area contributed by atoms with E-state index >= 15 is 0 Å². The Morgan fingerprint density at radius 1 is 1.25 bits per heavy atom. The molecule has 0 aliphatic rings. The maximum Gasteiger partial charge on any atom is 0.240 e. The van der Waals surface area contributed by atoms with Gasteiger partial charge < -0.3 is 19.2 Å². The van der Waals surface area contributed by atoms with E-state index in [-0.39, 0.29) is 6.04 Å². The van der Waals surface area contributed by atoms with Crippen LogP contribution in [0.2, 0.25) is 0 Å². The maximum atomic E-state index is 5.58. The number of nitrogens with one attached hydrogen (secondary N) is 1. The second-order valence-corrected chi connectivity index (χ2v) is 4.40. The first-order chi connectivity index (χ1) is 9.60. The zero-order valence-corrected chi connectivity index (χ0v) is 12.4. The molecule has 0 saturated carbocycles. The molecular weight excluding hydrogens is 258 g/mol. The van der Waals surface area contributed by atoms with E-state index in [1.807, 2.05) is 27.0 Å². The zero-order valence-electron chi connectivity index (χ0n) is 12.4. The Balaban J connectivity index is 2.49. The first-order valence-electron chi connectivity index (χ1n) is 6.29. The van der Waals surface area contributed by atoms with Gasteiger partial charge in [-0.1, -0.05) is 0 Å². The lowest BCUT2D eigenvalue weighted by molar-refractivity contribution is 0.353. The molecular formula is C14H19N3O3. The molecule has 0 aromatic carbocycles. The van der Waals surface area contributed by atoms with Crippen molar-refractivity contribution >= 4 is 0 Å². The molecule has 0 bridgehead atoms. The van der Waals surface area contributed by atoms with Crippen LogP contribution in [-0.4, -0.2) is 31.2 Å². The molecule has 0 radical (unpaired) electrons. The van der Waals surface area contributed by atoms with E-state index in [9.17, 15) is 0 Å². The summed E-state index contributed by atoms with van der Waals surface area (Å²) < 4.78 is 16.0. The van der Waals surface area contributed by atoms with Crippen molar-refractivity contribution in [1.29, 1.82) is 0 Å². The summed E-state index contributed by atoms with van der Waals surface area (Å²) in [5, 5.41) is 3.22. The summed E-state index contributed by atoms with van der Waals surface area (Å²) in [5.74, 6) is 2.56. The van der Waals surface area contributed by atoms with Crippen molar-refractivity contribution in [2.45, 2.75) is 19.9 Å². The molecule has 0 amide bonds. The van der Waals surface area contributed by atoms with E-state index < -0.39 is 0 Å². The molecule has 1 atom stereocenters. The van der Waals surface area contributed by atoms with Crippen molar-refractivity contribution in [2.24, 2.45) is 0 Å². The fourth-order valence-corrected chi connectivity index (χ4v) is 2.19. The van der Waals surface area contributed by atoms with Gasteiger partial charge in [-0.2, -0.15) is 4.98 Å². The van der Waals surface area contributed by atoms with Crippen LogP contribution in [0.5, 0.6) is 11.8 Å². The van der Waals surface area contributed by atoms with Gasteiger partial charge in [-0.25, -0.2) is 4.98 Å². The summed E-state index contributed by atoms with van der Waals surface area (Å²) in [5.41, 5.74) is 1.71. The second-order valence-electron chi connectivity index (χ2n) is 4.40. The lowest BCUT2D eigenvalue weighted by atomic mass is 10.0. The summed E-state index contributed by atoms with van der Waals surface area (Å²) in [6, 6.07) is 1.84. The first kappa shape index (κ1) is 14.3. The number of nitrogens with zero attached hydrogens (tertiary/aromatic N) is 2. The molecule has 0 spiro atoms. The fourth-order valence-electron chi connectivity index (χ4n) is 2.19. The lowest BCUT2D eigenvalue weighted by Crippen LogP contribution is -2.20. The highest BCUT2D eigenvalue weighted by molar-refractivity contribution is 5.36. The average molecular weight is 277 g/mol. The topological polar surface area (TPSA) is 69.4 Å². The van der Waals surface area contributed by atoms with Crippen molar-refractivity contribution in [3.05, 3.63) is 35.0 Å². The van der Waals surface area contributed by atoms with Crippen LogP contribution in [0.15, 0.2) is 16.7 Å². The van der Waals surface area contributed by atoms with Gasteiger partial charge in [-0.3, -0.25) is 0 Å². The van der Waals surface area contributed by atoms with Gasteiger partial charge >= 0.3 is 0 Å². The molecule has 6 nitrogen and oxygen atoms in total. The molecule has 2 heterocycles. The van der Waals surface area contributed by atoms with E-state index in [0.717, 1.165) is 17.1 Å². The van der Waals surface area contributed by atoms with Crippen molar-refractivity contribution in [1.82, 2.24) is 15.3 Å². The Labute approximate surface area is 118 Å². The minimum atomic E-state index is -0.152. The third kappa shape index (κ3) is 2.60. The Hall–Kier alpha value is -2.08. The molecule has 2 rings (SSSR count). The summed E-state index contributed by atoms with van der Waals surface area (Å²) in [6.07, 6.45) is 1.57. The van der Waals surface area contributed by atoms with Crippen molar-refractivity contribution in [2.75, 3.05) is 21.3 Å². The molecule has 1 unspecified atom stereocenters. The van der Waals surface area contributed by atoms with Gasteiger partial charge in [0.15, 0.2) is 0 Å². The third-order valence-corrected chi connectivity index (χ3v) is 3.10. The minimum absolute atomic E-state index is 0.152. The standard InChI is InChI=1S/C14H19N3O3/c1-8-6-10(9(2)20-8)12(15-3)13-14(19-5)17-11(18-4)7-16-13/h6-7,12,15H,1-5H3. The van der Waals surface area contributed by atoms with E-state index in [1.54, 1.807) is 20.4 Å². The highest BCUT2D eigenvalue weighted by Gasteiger charge is 2.23. The van der Waals surface area contributed by atoms with Crippen LogP contribution in [0.25, 0.3) is 0 Å². The van der Waals surface area contributed by atoms with Gasteiger partial charge in [0, 0.05) is 5.56 Å². The monoisotopic (exact) mass is 277 g/mol. The molecule has 0 fully saturated rings. The average Bonchev–Trinajstić information content (AvgIpc) is 2.79. The van der Waals surface area contributed by atoms with Crippen LogP contribution in [0.3, 0.4) is 0 Å². The Kier molecular flexibility index (Phi) is 4.24. The number of hydrogen-bond donors (Lipinski definition) is 1. The van der Waals surface area contributed by atoms with Gasteiger partial charge in [-0.15, -0.1) is 0 Å². The van der Waals surface area contributed by atoms with Gasteiger partial charge in [0.05, 0.1) is 26.5 Å². The normalized spacial score (nSPS) is 12.2. The molecule has 6 heteroatoms. The molecule has 2 aromatic rings. The number of hydrogen-bond acceptors (Lipinski definition) is 6. The summed E-state index contributed by atoms with van der Waals surface area (Å²) in [4.78, 5) is 8.66. The molecule has 108 valence electrons. The highest BCUT2D eigenvalue weighted by Crippen LogP contribution is 2.31. The minimum Gasteiger partial charge on any atom is -0.480 e. The molecule has 20 heavy (non-hydrogen) atoms. The van der Waals surface area contributed by atoms with Gasteiger partial charge in [0.1, 0.15) is 17.2 Å². The number of methoxy groups -OCH3 is 2. The van der Waals surface area contributed by atoms with E-state index in [2.05, 4.69) is 15.3 Å². The van der Waals surface area contributed by atoms with Gasteiger partial charge in [-0.05, 0) is 27.0 Å². The number of aryl methyl sites for hydroxylation is 2. The lowest BCUT2D eigenvalue weighted by Gasteiger charge is -2.17. The van der Waals surface area contributed by atoms with Crippen LogP contribution in [0, 0.1) is 13.8 Å². The van der Waals surface area contributed by atoms with Crippen LogP contribution >= 0.6 is 0 Å². The predicted molar refractivity (Wildman–Crippen MR) is 74.2 cm³/mol. The SMILES string of the molecule is CNC(c1cc(C)oc1C)c1ncc(OC)nc1OC. The first-order valence-corrected chi connectivity index (χ1v) is 6.29. The number of furan rings is 1. The number of rotatable bonds is 5. The summed E-state index contributed by atoms with van der Waals surface area (Å²) in [7, 11) is 4.97. The van der Waals surface area contributed by atoms with Crippen molar-refractivity contribution in [3.8, 4) is 11.8 Å². The summed E-state index contributed by atoms with van der Waals surface area (Å²) >= 11 is 0. The quantitative estimate of drug-likeness (QED) is 0.901. The Bertz CT molecular complexity index is 595. The van der Waals surface area contributed by atoms with Gasteiger partial charge in [0.2, 0.25) is 11.8 Å². The third-order valence-electron chi connectivity index (χ3n) is 3.10. The van der Waals surface area contributed by atoms with E-state index in [4.69, 9.17) is 13.9 Å². The second kappa shape index (κ2) is 5.92. The van der Waals surface area contributed by atoms with Crippen LogP contribution in [-0.2, 0) is 0 Å². The number of aromatic nitrogens is 2. The molecule has 1 N–H and O–H groups in total.